The number of Topliss-reactive ketones (excluding diaryl/α,β-unsaturated/α-hetero) is 1. The Morgan fingerprint density at radius 1 is 1.17 bits per heavy atom. The summed E-state index contributed by atoms with van der Waals surface area (Å²) in [5.41, 5.74) is 0.694. The first kappa shape index (κ1) is 16.4. The summed E-state index contributed by atoms with van der Waals surface area (Å²) in [6.07, 6.45) is 4.78. The number of benzene rings is 1. The summed E-state index contributed by atoms with van der Waals surface area (Å²) < 4.78 is 1.79. The maximum Gasteiger partial charge on any atom is 0.243 e. The number of hydrogen-bond acceptors (Lipinski definition) is 3. The normalized spacial score (nSPS) is 17.9. The fourth-order valence-corrected chi connectivity index (χ4v) is 3.44. The molecule has 126 valence electrons. The number of pyridine rings is 1. The van der Waals surface area contributed by atoms with Gasteiger partial charge in [0.15, 0.2) is 11.2 Å². The number of fused-ring (bicyclic) bond motifs is 1. The van der Waals surface area contributed by atoms with Crippen molar-refractivity contribution in [3.05, 3.63) is 46.8 Å². The maximum absolute atomic E-state index is 12.8. The molecule has 0 radical (unpaired) electrons. The van der Waals surface area contributed by atoms with Crippen molar-refractivity contribution in [2.75, 3.05) is 6.54 Å². The molecule has 1 aliphatic heterocycles. The van der Waals surface area contributed by atoms with Crippen molar-refractivity contribution in [1.29, 1.82) is 0 Å². The highest BCUT2D eigenvalue weighted by atomic mass is 16.2. The van der Waals surface area contributed by atoms with Gasteiger partial charge in [-0.05, 0) is 31.4 Å². The predicted octanol–water partition coefficient (Wildman–Crippen LogP) is 2.36. The standard InChI is InChI=1S/C19H22N2O3/c1-2-17(22)16-9-5-6-11-21(16)19(24)13-20-12-10-18(23)14-7-3-4-8-15(14)20/h3-4,7-8,10,12,16H,2,5-6,9,11,13H2,1H3/t16-/m0/s1. The molecule has 0 N–H and O–H groups in total. The summed E-state index contributed by atoms with van der Waals surface area (Å²) in [5.74, 6) is 0.0723. The van der Waals surface area contributed by atoms with Gasteiger partial charge >= 0.3 is 0 Å². The topological polar surface area (TPSA) is 59.4 Å². The molecule has 2 heterocycles. The van der Waals surface area contributed by atoms with Crippen LogP contribution in [0.2, 0.25) is 0 Å². The zero-order valence-corrected chi connectivity index (χ0v) is 13.9. The number of carbonyl (C=O) groups is 2. The number of amides is 1. The molecule has 1 amide bonds. The van der Waals surface area contributed by atoms with E-state index in [1.165, 1.54) is 6.07 Å². The molecule has 0 bridgehead atoms. The van der Waals surface area contributed by atoms with Gasteiger partial charge in [-0.3, -0.25) is 14.4 Å². The highest BCUT2D eigenvalue weighted by Crippen LogP contribution is 2.20. The molecular weight excluding hydrogens is 304 g/mol. The molecule has 0 spiro atoms. The van der Waals surface area contributed by atoms with Crippen molar-refractivity contribution in [2.24, 2.45) is 0 Å². The number of aromatic nitrogens is 1. The molecule has 3 rings (SSSR count). The minimum absolute atomic E-state index is 0.0497. The Labute approximate surface area is 140 Å². The van der Waals surface area contributed by atoms with E-state index in [4.69, 9.17) is 0 Å². The molecule has 5 heteroatoms. The molecule has 0 saturated carbocycles. The van der Waals surface area contributed by atoms with Gasteiger partial charge in [0.25, 0.3) is 0 Å². The summed E-state index contributed by atoms with van der Waals surface area (Å²) in [5, 5.41) is 0.604. The van der Waals surface area contributed by atoms with Crippen LogP contribution in [0.5, 0.6) is 0 Å². The van der Waals surface area contributed by atoms with Crippen LogP contribution in [0.3, 0.4) is 0 Å². The number of ketones is 1. The Kier molecular flexibility index (Phi) is 4.79. The summed E-state index contributed by atoms with van der Waals surface area (Å²) in [4.78, 5) is 38.6. The number of carbonyl (C=O) groups excluding carboxylic acids is 2. The van der Waals surface area contributed by atoms with Gasteiger partial charge in [-0.15, -0.1) is 0 Å². The Balaban J connectivity index is 1.88. The van der Waals surface area contributed by atoms with Crippen molar-refractivity contribution >= 4 is 22.6 Å². The largest absolute Gasteiger partial charge is 0.338 e. The van der Waals surface area contributed by atoms with Crippen LogP contribution >= 0.6 is 0 Å². The molecule has 1 fully saturated rings. The quantitative estimate of drug-likeness (QED) is 0.866. The van der Waals surface area contributed by atoms with Gasteiger partial charge in [0, 0.05) is 30.6 Å². The second kappa shape index (κ2) is 6.99. The van der Waals surface area contributed by atoms with E-state index in [0.29, 0.717) is 18.4 Å². The fourth-order valence-electron chi connectivity index (χ4n) is 3.44. The number of para-hydroxylation sites is 1. The van der Waals surface area contributed by atoms with Crippen LogP contribution in [-0.4, -0.2) is 33.7 Å². The van der Waals surface area contributed by atoms with Crippen LogP contribution in [0.1, 0.15) is 32.6 Å². The lowest BCUT2D eigenvalue weighted by Gasteiger charge is -2.35. The van der Waals surface area contributed by atoms with Crippen LogP contribution in [-0.2, 0) is 16.1 Å². The molecule has 1 atom stereocenters. The molecule has 24 heavy (non-hydrogen) atoms. The van der Waals surface area contributed by atoms with E-state index >= 15 is 0 Å². The third-order valence-electron chi connectivity index (χ3n) is 4.73. The first-order valence-corrected chi connectivity index (χ1v) is 8.52. The Bertz CT molecular complexity index is 825. The molecule has 1 aromatic carbocycles. The van der Waals surface area contributed by atoms with Crippen LogP contribution in [0.4, 0.5) is 0 Å². The number of piperidine rings is 1. The molecule has 0 unspecified atom stereocenters. The lowest BCUT2D eigenvalue weighted by Crippen LogP contribution is -2.49. The van der Waals surface area contributed by atoms with E-state index in [1.54, 1.807) is 21.7 Å². The summed E-state index contributed by atoms with van der Waals surface area (Å²) in [6.45, 7) is 2.62. The number of nitrogens with zero attached hydrogens (tertiary/aromatic N) is 2. The Morgan fingerprint density at radius 3 is 2.75 bits per heavy atom. The van der Waals surface area contributed by atoms with Crippen molar-refractivity contribution < 1.29 is 9.59 Å². The van der Waals surface area contributed by atoms with Gasteiger partial charge in [-0.1, -0.05) is 19.1 Å². The van der Waals surface area contributed by atoms with Gasteiger partial charge < -0.3 is 9.47 Å². The summed E-state index contributed by atoms with van der Waals surface area (Å²) in [7, 11) is 0. The lowest BCUT2D eigenvalue weighted by molar-refractivity contribution is -0.141. The van der Waals surface area contributed by atoms with Crippen LogP contribution in [0.25, 0.3) is 10.9 Å². The zero-order chi connectivity index (χ0) is 17.1. The van der Waals surface area contributed by atoms with Crippen LogP contribution < -0.4 is 5.43 Å². The van der Waals surface area contributed by atoms with Crippen LogP contribution in [0.15, 0.2) is 41.3 Å². The van der Waals surface area contributed by atoms with Gasteiger partial charge in [0.05, 0.1) is 11.6 Å². The minimum Gasteiger partial charge on any atom is -0.338 e. The highest BCUT2D eigenvalue weighted by Gasteiger charge is 2.30. The number of hydrogen-bond donors (Lipinski definition) is 0. The molecule has 5 nitrogen and oxygen atoms in total. The second-order valence-electron chi connectivity index (χ2n) is 6.24. The van der Waals surface area contributed by atoms with E-state index in [0.717, 1.165) is 24.8 Å². The van der Waals surface area contributed by atoms with E-state index in [2.05, 4.69) is 0 Å². The second-order valence-corrected chi connectivity index (χ2v) is 6.24. The fraction of sp³-hybridized carbons (Fsp3) is 0.421. The predicted molar refractivity (Wildman–Crippen MR) is 92.9 cm³/mol. The smallest absolute Gasteiger partial charge is 0.243 e. The first-order valence-electron chi connectivity index (χ1n) is 8.52. The first-order chi connectivity index (χ1) is 11.6. The molecule has 2 aromatic rings. The number of rotatable bonds is 4. The monoisotopic (exact) mass is 326 g/mol. The Hall–Kier alpha value is -2.43. The van der Waals surface area contributed by atoms with Gasteiger partial charge in [-0.2, -0.15) is 0 Å². The van der Waals surface area contributed by atoms with E-state index in [-0.39, 0.29) is 29.7 Å². The van der Waals surface area contributed by atoms with E-state index < -0.39 is 0 Å². The van der Waals surface area contributed by atoms with Crippen molar-refractivity contribution in [2.45, 2.75) is 45.2 Å². The molecule has 1 aromatic heterocycles. The highest BCUT2D eigenvalue weighted by molar-refractivity contribution is 5.89. The average Bonchev–Trinajstić information content (AvgIpc) is 2.63. The van der Waals surface area contributed by atoms with Crippen LogP contribution in [0, 0.1) is 0 Å². The lowest BCUT2D eigenvalue weighted by atomic mass is 9.97. The minimum atomic E-state index is -0.290. The molecule has 1 saturated heterocycles. The van der Waals surface area contributed by atoms with E-state index in [9.17, 15) is 14.4 Å². The zero-order valence-electron chi connectivity index (χ0n) is 13.9. The molecular formula is C19H22N2O3. The maximum atomic E-state index is 12.8. The van der Waals surface area contributed by atoms with Crippen molar-refractivity contribution in [3.8, 4) is 0 Å². The summed E-state index contributed by atoms with van der Waals surface area (Å²) >= 11 is 0. The Morgan fingerprint density at radius 2 is 1.96 bits per heavy atom. The third-order valence-corrected chi connectivity index (χ3v) is 4.73. The van der Waals surface area contributed by atoms with Crippen molar-refractivity contribution in [1.82, 2.24) is 9.47 Å². The van der Waals surface area contributed by atoms with Gasteiger partial charge in [0.1, 0.15) is 6.54 Å². The van der Waals surface area contributed by atoms with Gasteiger partial charge in [-0.25, -0.2) is 0 Å². The SMILES string of the molecule is CCC(=O)[C@@H]1CCCCN1C(=O)Cn1ccc(=O)c2ccccc21. The number of likely N-dealkylation sites (tertiary alicyclic amines) is 1. The average molecular weight is 326 g/mol. The molecule has 1 aliphatic rings. The van der Waals surface area contributed by atoms with E-state index in [1.807, 2.05) is 25.1 Å². The molecule has 0 aliphatic carbocycles. The summed E-state index contributed by atoms with van der Waals surface area (Å²) in [6, 6.07) is 8.48. The van der Waals surface area contributed by atoms with Gasteiger partial charge in [0.2, 0.25) is 5.91 Å². The van der Waals surface area contributed by atoms with Crippen molar-refractivity contribution in [3.63, 3.8) is 0 Å². The third kappa shape index (κ3) is 3.11.